The zero-order valence-electron chi connectivity index (χ0n) is 8.46. The lowest BCUT2D eigenvalue weighted by Crippen LogP contribution is -2.43. The summed E-state index contributed by atoms with van der Waals surface area (Å²) in [5.41, 5.74) is 0. The number of hydrogen-bond donors (Lipinski definition) is 2. The summed E-state index contributed by atoms with van der Waals surface area (Å²) in [7, 11) is 0. The van der Waals surface area contributed by atoms with Crippen LogP contribution in [-0.2, 0) is 4.74 Å². The number of aliphatic hydroxyl groups excluding tert-OH is 1. The van der Waals surface area contributed by atoms with E-state index in [0.717, 1.165) is 32.5 Å². The standard InChI is InChI=1S/C10H21NO2/c1-2-9(5-6-12)11-10-4-3-7-13-8-10/h9-12H,2-8H2,1H3. The predicted molar refractivity (Wildman–Crippen MR) is 52.8 cm³/mol. The van der Waals surface area contributed by atoms with Gasteiger partial charge in [0.05, 0.1) is 6.61 Å². The van der Waals surface area contributed by atoms with Gasteiger partial charge in [-0.2, -0.15) is 0 Å². The third kappa shape index (κ3) is 4.07. The first-order valence-electron chi connectivity index (χ1n) is 5.31. The highest BCUT2D eigenvalue weighted by molar-refractivity contribution is 4.75. The average Bonchev–Trinajstić information content (AvgIpc) is 2.19. The molecule has 0 amide bonds. The fourth-order valence-corrected chi connectivity index (χ4v) is 1.77. The van der Waals surface area contributed by atoms with Crippen LogP contribution < -0.4 is 5.32 Å². The van der Waals surface area contributed by atoms with Crippen LogP contribution in [0.15, 0.2) is 0 Å². The number of nitrogens with one attached hydrogen (secondary N) is 1. The summed E-state index contributed by atoms with van der Waals surface area (Å²) in [6.07, 6.45) is 4.30. The van der Waals surface area contributed by atoms with Crippen molar-refractivity contribution < 1.29 is 9.84 Å². The van der Waals surface area contributed by atoms with Crippen LogP contribution in [0.3, 0.4) is 0 Å². The molecule has 2 unspecified atom stereocenters. The van der Waals surface area contributed by atoms with Crippen LogP contribution in [0.2, 0.25) is 0 Å². The van der Waals surface area contributed by atoms with Crippen molar-refractivity contribution in [3.05, 3.63) is 0 Å². The second-order valence-electron chi connectivity index (χ2n) is 3.70. The van der Waals surface area contributed by atoms with Gasteiger partial charge in [0.15, 0.2) is 0 Å². The maximum absolute atomic E-state index is 8.83. The normalized spacial score (nSPS) is 25.8. The van der Waals surface area contributed by atoms with E-state index in [4.69, 9.17) is 9.84 Å². The third-order valence-corrected chi connectivity index (χ3v) is 2.60. The molecule has 0 spiro atoms. The molecule has 0 saturated carbocycles. The molecule has 3 nitrogen and oxygen atoms in total. The summed E-state index contributed by atoms with van der Waals surface area (Å²) in [5.74, 6) is 0. The van der Waals surface area contributed by atoms with Gasteiger partial charge in [-0.15, -0.1) is 0 Å². The summed E-state index contributed by atoms with van der Waals surface area (Å²) in [6, 6.07) is 0.960. The zero-order chi connectivity index (χ0) is 9.52. The van der Waals surface area contributed by atoms with Gasteiger partial charge in [-0.25, -0.2) is 0 Å². The SMILES string of the molecule is CCC(CCO)NC1CCCOC1. The molecule has 0 aromatic heterocycles. The summed E-state index contributed by atoms with van der Waals surface area (Å²) in [4.78, 5) is 0. The van der Waals surface area contributed by atoms with E-state index in [-0.39, 0.29) is 6.61 Å². The molecule has 1 fully saturated rings. The first-order chi connectivity index (χ1) is 6.36. The second kappa shape index (κ2) is 6.35. The quantitative estimate of drug-likeness (QED) is 0.672. The lowest BCUT2D eigenvalue weighted by atomic mass is 10.1. The van der Waals surface area contributed by atoms with Gasteiger partial charge in [0.1, 0.15) is 0 Å². The van der Waals surface area contributed by atoms with E-state index in [9.17, 15) is 0 Å². The molecule has 0 aliphatic carbocycles. The van der Waals surface area contributed by atoms with Gasteiger partial charge in [0, 0.05) is 25.3 Å². The van der Waals surface area contributed by atoms with E-state index in [1.165, 1.54) is 6.42 Å². The molecule has 13 heavy (non-hydrogen) atoms. The average molecular weight is 187 g/mol. The second-order valence-corrected chi connectivity index (χ2v) is 3.70. The van der Waals surface area contributed by atoms with Crippen molar-refractivity contribution in [2.75, 3.05) is 19.8 Å². The van der Waals surface area contributed by atoms with Crippen molar-refractivity contribution >= 4 is 0 Å². The Hall–Kier alpha value is -0.120. The molecule has 1 rings (SSSR count). The molecular formula is C10H21NO2. The largest absolute Gasteiger partial charge is 0.396 e. The Morgan fingerprint density at radius 3 is 3.00 bits per heavy atom. The zero-order valence-corrected chi connectivity index (χ0v) is 8.46. The van der Waals surface area contributed by atoms with E-state index in [1.807, 2.05) is 0 Å². The Balaban J connectivity index is 2.18. The smallest absolute Gasteiger partial charge is 0.0619 e. The van der Waals surface area contributed by atoms with Crippen molar-refractivity contribution in [2.24, 2.45) is 0 Å². The Morgan fingerprint density at radius 1 is 1.62 bits per heavy atom. The highest BCUT2D eigenvalue weighted by atomic mass is 16.5. The molecule has 1 saturated heterocycles. The minimum absolute atomic E-state index is 0.277. The van der Waals surface area contributed by atoms with Crippen molar-refractivity contribution in [1.29, 1.82) is 0 Å². The molecule has 3 heteroatoms. The lowest BCUT2D eigenvalue weighted by molar-refractivity contribution is 0.0646. The molecule has 0 aromatic rings. The van der Waals surface area contributed by atoms with Crippen LogP contribution in [0.4, 0.5) is 0 Å². The topological polar surface area (TPSA) is 41.5 Å². The number of ether oxygens (including phenoxy) is 1. The van der Waals surface area contributed by atoms with Crippen molar-refractivity contribution in [3.63, 3.8) is 0 Å². The van der Waals surface area contributed by atoms with Gasteiger partial charge in [-0.05, 0) is 25.7 Å². The van der Waals surface area contributed by atoms with E-state index in [2.05, 4.69) is 12.2 Å². The fourth-order valence-electron chi connectivity index (χ4n) is 1.77. The first kappa shape index (κ1) is 11.0. The van der Waals surface area contributed by atoms with Gasteiger partial charge in [0.25, 0.3) is 0 Å². The first-order valence-corrected chi connectivity index (χ1v) is 5.31. The van der Waals surface area contributed by atoms with Gasteiger partial charge in [-0.3, -0.25) is 0 Å². The van der Waals surface area contributed by atoms with Crippen LogP contribution >= 0.6 is 0 Å². The molecule has 0 bridgehead atoms. The van der Waals surface area contributed by atoms with Crippen LogP contribution in [0, 0.1) is 0 Å². The highest BCUT2D eigenvalue weighted by Gasteiger charge is 2.16. The van der Waals surface area contributed by atoms with E-state index < -0.39 is 0 Å². The molecule has 0 aromatic carbocycles. The Labute approximate surface area is 80.5 Å². The number of rotatable bonds is 5. The third-order valence-electron chi connectivity index (χ3n) is 2.60. The van der Waals surface area contributed by atoms with Gasteiger partial charge >= 0.3 is 0 Å². The molecule has 0 radical (unpaired) electrons. The minimum Gasteiger partial charge on any atom is -0.396 e. The monoisotopic (exact) mass is 187 g/mol. The van der Waals surface area contributed by atoms with E-state index in [1.54, 1.807) is 0 Å². The predicted octanol–water partition coefficient (Wildman–Crippen LogP) is 0.916. The van der Waals surface area contributed by atoms with Crippen LogP contribution in [-0.4, -0.2) is 37.0 Å². The van der Waals surface area contributed by atoms with Crippen LogP contribution in [0.25, 0.3) is 0 Å². The summed E-state index contributed by atoms with van der Waals surface area (Å²) in [6.45, 7) is 4.17. The lowest BCUT2D eigenvalue weighted by Gasteiger charge is -2.27. The molecular weight excluding hydrogens is 166 g/mol. The highest BCUT2D eigenvalue weighted by Crippen LogP contribution is 2.08. The number of aliphatic hydroxyl groups is 1. The molecule has 1 aliphatic rings. The molecule has 2 N–H and O–H groups in total. The maximum atomic E-state index is 8.83. The summed E-state index contributed by atoms with van der Waals surface area (Å²) in [5, 5.41) is 12.3. The van der Waals surface area contributed by atoms with Crippen molar-refractivity contribution in [3.8, 4) is 0 Å². The maximum Gasteiger partial charge on any atom is 0.0619 e. The minimum atomic E-state index is 0.277. The molecule has 78 valence electrons. The van der Waals surface area contributed by atoms with Gasteiger partial charge < -0.3 is 15.2 Å². The Morgan fingerprint density at radius 2 is 2.46 bits per heavy atom. The molecule has 2 atom stereocenters. The summed E-state index contributed by atoms with van der Waals surface area (Å²) < 4.78 is 5.38. The van der Waals surface area contributed by atoms with Crippen molar-refractivity contribution in [1.82, 2.24) is 5.32 Å². The summed E-state index contributed by atoms with van der Waals surface area (Å²) >= 11 is 0. The van der Waals surface area contributed by atoms with Crippen LogP contribution in [0.1, 0.15) is 32.6 Å². The Kier molecular flexibility index (Phi) is 5.35. The van der Waals surface area contributed by atoms with E-state index >= 15 is 0 Å². The fraction of sp³-hybridized carbons (Fsp3) is 1.00. The van der Waals surface area contributed by atoms with Gasteiger partial charge in [-0.1, -0.05) is 6.92 Å². The molecule has 1 heterocycles. The Bertz CT molecular complexity index is 121. The van der Waals surface area contributed by atoms with Crippen molar-refractivity contribution in [2.45, 2.75) is 44.7 Å². The number of hydrogen-bond acceptors (Lipinski definition) is 3. The van der Waals surface area contributed by atoms with Crippen LogP contribution in [0.5, 0.6) is 0 Å². The van der Waals surface area contributed by atoms with E-state index in [0.29, 0.717) is 12.1 Å². The molecule has 1 aliphatic heterocycles. The van der Waals surface area contributed by atoms with Gasteiger partial charge in [0.2, 0.25) is 0 Å².